The van der Waals surface area contributed by atoms with Crippen molar-refractivity contribution in [3.63, 3.8) is 0 Å². The molecule has 0 saturated heterocycles. The second kappa shape index (κ2) is 6.38. The van der Waals surface area contributed by atoms with Gasteiger partial charge in [0.25, 0.3) is 10.1 Å². The molecule has 3 N–H and O–H groups in total. The maximum Gasteiger partial charge on any atom is 0.294 e. The molecule has 0 aliphatic heterocycles. The predicted octanol–water partition coefficient (Wildman–Crippen LogP) is 1.98. The van der Waals surface area contributed by atoms with Gasteiger partial charge in [0.15, 0.2) is 0 Å². The van der Waals surface area contributed by atoms with E-state index in [-0.39, 0.29) is 17.3 Å². The molecule has 0 saturated carbocycles. The second-order valence-electron chi connectivity index (χ2n) is 4.27. The van der Waals surface area contributed by atoms with Crippen molar-refractivity contribution in [1.82, 2.24) is 0 Å². The number of benzene rings is 2. The van der Waals surface area contributed by atoms with Gasteiger partial charge in [0.1, 0.15) is 0 Å². The zero-order valence-corrected chi connectivity index (χ0v) is 11.8. The van der Waals surface area contributed by atoms with Crippen LogP contribution < -0.4 is 10.6 Å². The molecule has 0 radical (unpaired) electrons. The van der Waals surface area contributed by atoms with Crippen LogP contribution in [0.25, 0.3) is 0 Å². The van der Waals surface area contributed by atoms with Gasteiger partial charge in [-0.3, -0.25) is 9.35 Å². The first kappa shape index (κ1) is 15.0. The molecule has 110 valence electrons. The van der Waals surface area contributed by atoms with E-state index in [1.165, 1.54) is 24.3 Å². The average Bonchev–Trinajstić information content (AvgIpc) is 2.46. The Labute approximate surface area is 122 Å². The Bertz CT molecular complexity index is 712. The number of amides is 1. The molecular formula is C14H14N2O4S. The van der Waals surface area contributed by atoms with Crippen LogP contribution in [0.4, 0.5) is 11.4 Å². The largest absolute Gasteiger partial charge is 0.376 e. The molecule has 0 atom stereocenters. The zero-order chi connectivity index (χ0) is 15.3. The van der Waals surface area contributed by atoms with Crippen LogP contribution in [0.2, 0.25) is 0 Å². The molecule has 6 nitrogen and oxygen atoms in total. The zero-order valence-electron chi connectivity index (χ0n) is 11.0. The van der Waals surface area contributed by atoms with Gasteiger partial charge in [-0.1, -0.05) is 18.2 Å². The molecule has 0 spiro atoms. The van der Waals surface area contributed by atoms with E-state index in [1.54, 1.807) is 0 Å². The molecule has 1 amide bonds. The van der Waals surface area contributed by atoms with Crippen molar-refractivity contribution in [3.05, 3.63) is 54.6 Å². The van der Waals surface area contributed by atoms with Crippen molar-refractivity contribution in [1.29, 1.82) is 0 Å². The van der Waals surface area contributed by atoms with Crippen molar-refractivity contribution in [2.24, 2.45) is 0 Å². The fraction of sp³-hybridized carbons (Fsp3) is 0.0714. The Hall–Kier alpha value is -2.38. The van der Waals surface area contributed by atoms with Gasteiger partial charge in [-0.15, -0.1) is 0 Å². The van der Waals surface area contributed by atoms with Gasteiger partial charge >= 0.3 is 0 Å². The van der Waals surface area contributed by atoms with Gasteiger partial charge in [0, 0.05) is 11.4 Å². The summed E-state index contributed by atoms with van der Waals surface area (Å²) in [6.45, 7) is 0.0874. The van der Waals surface area contributed by atoms with Gasteiger partial charge < -0.3 is 10.6 Å². The molecule has 0 aromatic heterocycles. The summed E-state index contributed by atoms with van der Waals surface area (Å²) >= 11 is 0. The van der Waals surface area contributed by atoms with E-state index in [4.69, 9.17) is 4.55 Å². The molecule has 0 aliphatic rings. The lowest BCUT2D eigenvalue weighted by Crippen LogP contribution is -2.21. The Morgan fingerprint density at radius 3 is 2.14 bits per heavy atom. The van der Waals surface area contributed by atoms with E-state index in [0.29, 0.717) is 5.69 Å². The van der Waals surface area contributed by atoms with Gasteiger partial charge in [0.05, 0.1) is 11.4 Å². The Morgan fingerprint density at radius 2 is 1.57 bits per heavy atom. The molecule has 21 heavy (non-hydrogen) atoms. The standard InChI is InChI=1S/C14H14N2O4S/c17-14(10-15-11-4-2-1-3-5-11)16-12-6-8-13(9-7-12)21(18,19)20/h1-9,15H,10H2,(H,16,17)(H,18,19,20). The fourth-order valence-corrected chi connectivity index (χ4v) is 2.13. The van der Waals surface area contributed by atoms with E-state index >= 15 is 0 Å². The van der Waals surface area contributed by atoms with E-state index in [2.05, 4.69) is 10.6 Å². The number of hydrogen-bond acceptors (Lipinski definition) is 4. The number of para-hydroxylation sites is 1. The minimum Gasteiger partial charge on any atom is -0.376 e. The summed E-state index contributed by atoms with van der Waals surface area (Å²) in [7, 11) is -4.22. The van der Waals surface area contributed by atoms with E-state index < -0.39 is 10.1 Å². The summed E-state index contributed by atoms with van der Waals surface area (Å²) in [5, 5.41) is 5.57. The molecule has 7 heteroatoms. The Kier molecular flexibility index (Phi) is 4.56. The van der Waals surface area contributed by atoms with Crippen LogP contribution in [-0.2, 0) is 14.9 Å². The number of nitrogens with one attached hydrogen (secondary N) is 2. The van der Waals surface area contributed by atoms with Crippen LogP contribution >= 0.6 is 0 Å². The first-order valence-electron chi connectivity index (χ1n) is 6.11. The fourth-order valence-electron chi connectivity index (χ4n) is 1.65. The first-order chi connectivity index (χ1) is 9.95. The van der Waals surface area contributed by atoms with Gasteiger partial charge in [-0.2, -0.15) is 8.42 Å². The highest BCUT2D eigenvalue weighted by Gasteiger charge is 2.09. The summed E-state index contributed by atoms with van der Waals surface area (Å²) in [4.78, 5) is 11.5. The summed E-state index contributed by atoms with van der Waals surface area (Å²) in [6.07, 6.45) is 0. The van der Waals surface area contributed by atoms with Crippen molar-refractivity contribution in [2.75, 3.05) is 17.2 Å². The van der Waals surface area contributed by atoms with Crippen LogP contribution in [0.5, 0.6) is 0 Å². The number of hydrogen-bond donors (Lipinski definition) is 3. The molecular weight excluding hydrogens is 292 g/mol. The molecule has 0 fully saturated rings. The summed E-state index contributed by atoms with van der Waals surface area (Å²) in [6, 6.07) is 14.5. The SMILES string of the molecule is O=C(CNc1ccccc1)Nc1ccc(S(=O)(=O)O)cc1. The van der Waals surface area contributed by atoms with Crippen LogP contribution in [0, 0.1) is 0 Å². The van der Waals surface area contributed by atoms with E-state index in [0.717, 1.165) is 5.69 Å². The molecule has 0 bridgehead atoms. The smallest absolute Gasteiger partial charge is 0.294 e. The highest BCUT2D eigenvalue weighted by Crippen LogP contribution is 2.13. The lowest BCUT2D eigenvalue weighted by Gasteiger charge is -2.08. The lowest BCUT2D eigenvalue weighted by molar-refractivity contribution is -0.114. The molecule has 2 aromatic rings. The topological polar surface area (TPSA) is 95.5 Å². The number of carbonyl (C=O) groups excluding carboxylic acids is 1. The molecule has 0 unspecified atom stereocenters. The van der Waals surface area contributed by atoms with Crippen molar-refractivity contribution < 1.29 is 17.8 Å². The van der Waals surface area contributed by atoms with Crippen LogP contribution in [0.1, 0.15) is 0 Å². The van der Waals surface area contributed by atoms with Gasteiger partial charge in [-0.25, -0.2) is 0 Å². The molecule has 2 aromatic carbocycles. The Morgan fingerprint density at radius 1 is 0.952 bits per heavy atom. The predicted molar refractivity (Wildman–Crippen MR) is 79.8 cm³/mol. The summed E-state index contributed by atoms with van der Waals surface area (Å²) in [5.41, 5.74) is 1.27. The summed E-state index contributed by atoms with van der Waals surface area (Å²) in [5.74, 6) is -0.265. The van der Waals surface area contributed by atoms with Crippen molar-refractivity contribution in [3.8, 4) is 0 Å². The minimum absolute atomic E-state index is 0.0874. The molecule has 0 heterocycles. The number of anilines is 2. The highest BCUT2D eigenvalue weighted by atomic mass is 32.2. The first-order valence-corrected chi connectivity index (χ1v) is 7.55. The number of rotatable bonds is 5. The normalized spacial score (nSPS) is 10.9. The molecule has 2 rings (SSSR count). The Balaban J connectivity index is 1.91. The minimum atomic E-state index is -4.22. The molecule has 0 aliphatic carbocycles. The highest BCUT2D eigenvalue weighted by molar-refractivity contribution is 7.85. The third kappa shape index (κ3) is 4.59. The van der Waals surface area contributed by atoms with Crippen LogP contribution in [0.15, 0.2) is 59.5 Å². The van der Waals surface area contributed by atoms with Crippen LogP contribution in [0.3, 0.4) is 0 Å². The van der Waals surface area contributed by atoms with E-state index in [9.17, 15) is 13.2 Å². The third-order valence-corrected chi connectivity index (χ3v) is 3.53. The van der Waals surface area contributed by atoms with Crippen molar-refractivity contribution in [2.45, 2.75) is 4.90 Å². The lowest BCUT2D eigenvalue weighted by atomic mass is 10.3. The van der Waals surface area contributed by atoms with Crippen LogP contribution in [-0.4, -0.2) is 25.4 Å². The second-order valence-corrected chi connectivity index (χ2v) is 5.69. The average molecular weight is 306 g/mol. The quantitative estimate of drug-likeness (QED) is 0.734. The van der Waals surface area contributed by atoms with Gasteiger partial charge in [-0.05, 0) is 36.4 Å². The van der Waals surface area contributed by atoms with E-state index in [1.807, 2.05) is 30.3 Å². The number of carbonyl (C=O) groups is 1. The maximum absolute atomic E-state index is 11.7. The third-order valence-electron chi connectivity index (χ3n) is 2.66. The maximum atomic E-state index is 11.7. The monoisotopic (exact) mass is 306 g/mol. The van der Waals surface area contributed by atoms with Crippen molar-refractivity contribution >= 4 is 27.4 Å². The van der Waals surface area contributed by atoms with Gasteiger partial charge in [0.2, 0.25) is 5.91 Å². The summed E-state index contributed by atoms with van der Waals surface area (Å²) < 4.78 is 30.6.